The summed E-state index contributed by atoms with van der Waals surface area (Å²) in [6.45, 7) is 4.20. The molecule has 0 aliphatic carbocycles. The molecule has 0 fully saturated rings. The molecule has 0 unspecified atom stereocenters. The predicted octanol–water partition coefficient (Wildman–Crippen LogP) is 4.45. The van der Waals surface area contributed by atoms with Gasteiger partial charge in [-0.1, -0.05) is 6.92 Å². The van der Waals surface area contributed by atoms with E-state index in [9.17, 15) is 0 Å². The number of thiazole rings is 1. The number of aromatic nitrogens is 1. The molecule has 90 valence electrons. The Bertz CT molecular complexity index is 536. The van der Waals surface area contributed by atoms with Crippen LogP contribution in [0.3, 0.4) is 0 Å². The molecule has 4 heteroatoms. The van der Waals surface area contributed by atoms with Crippen molar-refractivity contribution in [3.63, 3.8) is 0 Å². The van der Waals surface area contributed by atoms with Gasteiger partial charge in [-0.3, -0.25) is 0 Å². The lowest BCUT2D eigenvalue weighted by Crippen LogP contribution is -1.89. The fourth-order valence-corrected chi connectivity index (χ4v) is 3.32. The summed E-state index contributed by atoms with van der Waals surface area (Å²) < 4.78 is 6.21. The Morgan fingerprint density at radius 1 is 1.41 bits per heavy atom. The molecule has 0 atom stereocenters. The van der Waals surface area contributed by atoms with Crippen molar-refractivity contribution >= 4 is 27.3 Å². The van der Waals surface area contributed by atoms with Crippen LogP contribution in [0.25, 0.3) is 11.3 Å². The first-order chi connectivity index (χ1) is 8.15. The lowest BCUT2D eigenvalue weighted by Gasteiger charge is -2.06. The first kappa shape index (κ1) is 12.6. The van der Waals surface area contributed by atoms with Gasteiger partial charge in [0, 0.05) is 10.4 Å². The van der Waals surface area contributed by atoms with Crippen molar-refractivity contribution in [2.75, 3.05) is 7.11 Å². The highest BCUT2D eigenvalue weighted by atomic mass is 79.9. The minimum absolute atomic E-state index is 0.918. The van der Waals surface area contributed by atoms with E-state index in [2.05, 4.69) is 46.9 Å². The van der Waals surface area contributed by atoms with E-state index in [1.54, 1.807) is 18.4 Å². The SMILES string of the molecule is CCc1sc(Br)nc1-c1ccc(OC)c(C)c1. The molecule has 2 rings (SSSR count). The molecule has 1 aromatic heterocycles. The van der Waals surface area contributed by atoms with Crippen molar-refractivity contribution in [3.8, 4) is 17.0 Å². The van der Waals surface area contributed by atoms with E-state index in [1.807, 2.05) is 6.07 Å². The van der Waals surface area contributed by atoms with Crippen molar-refractivity contribution in [2.24, 2.45) is 0 Å². The van der Waals surface area contributed by atoms with Crippen LogP contribution in [-0.2, 0) is 6.42 Å². The summed E-state index contributed by atoms with van der Waals surface area (Å²) in [5.74, 6) is 0.918. The molecule has 0 bridgehead atoms. The highest BCUT2D eigenvalue weighted by Crippen LogP contribution is 2.33. The molecular weight excluding hydrogens is 298 g/mol. The first-order valence-corrected chi connectivity index (χ1v) is 7.07. The number of ether oxygens (including phenoxy) is 1. The average Bonchev–Trinajstić information content (AvgIpc) is 2.70. The zero-order valence-electron chi connectivity index (χ0n) is 10.1. The summed E-state index contributed by atoms with van der Waals surface area (Å²) >= 11 is 5.15. The van der Waals surface area contributed by atoms with E-state index in [0.29, 0.717) is 0 Å². The van der Waals surface area contributed by atoms with Crippen LogP contribution in [0.2, 0.25) is 0 Å². The number of hydrogen-bond acceptors (Lipinski definition) is 3. The van der Waals surface area contributed by atoms with Gasteiger partial charge in [0.05, 0.1) is 12.8 Å². The second-order valence-electron chi connectivity index (χ2n) is 3.78. The van der Waals surface area contributed by atoms with Gasteiger partial charge >= 0.3 is 0 Å². The fourth-order valence-electron chi connectivity index (χ4n) is 1.81. The van der Waals surface area contributed by atoms with Crippen LogP contribution in [0, 0.1) is 6.92 Å². The average molecular weight is 312 g/mol. The molecule has 0 radical (unpaired) electrons. The van der Waals surface area contributed by atoms with Crippen molar-refractivity contribution in [2.45, 2.75) is 20.3 Å². The van der Waals surface area contributed by atoms with Crippen molar-refractivity contribution in [1.82, 2.24) is 4.98 Å². The molecule has 0 saturated carbocycles. The van der Waals surface area contributed by atoms with Gasteiger partial charge in [0.15, 0.2) is 3.92 Å². The van der Waals surface area contributed by atoms with Crippen LogP contribution < -0.4 is 4.74 Å². The van der Waals surface area contributed by atoms with Crippen LogP contribution in [0.15, 0.2) is 22.1 Å². The highest BCUT2D eigenvalue weighted by molar-refractivity contribution is 9.11. The maximum atomic E-state index is 5.27. The second-order valence-corrected chi connectivity index (χ2v) is 6.14. The van der Waals surface area contributed by atoms with E-state index in [4.69, 9.17) is 4.74 Å². The predicted molar refractivity (Wildman–Crippen MR) is 75.9 cm³/mol. The van der Waals surface area contributed by atoms with Gasteiger partial charge in [0.2, 0.25) is 0 Å². The van der Waals surface area contributed by atoms with Gasteiger partial charge in [-0.05, 0) is 53.0 Å². The molecule has 0 amide bonds. The van der Waals surface area contributed by atoms with Gasteiger partial charge in [0.25, 0.3) is 0 Å². The van der Waals surface area contributed by atoms with Crippen molar-refractivity contribution in [3.05, 3.63) is 32.6 Å². The molecule has 1 heterocycles. The van der Waals surface area contributed by atoms with Gasteiger partial charge in [-0.25, -0.2) is 4.98 Å². The van der Waals surface area contributed by atoms with E-state index in [-0.39, 0.29) is 0 Å². The third-order valence-electron chi connectivity index (χ3n) is 2.66. The minimum atomic E-state index is 0.918. The maximum absolute atomic E-state index is 5.27. The maximum Gasteiger partial charge on any atom is 0.160 e. The number of methoxy groups -OCH3 is 1. The Morgan fingerprint density at radius 2 is 2.18 bits per heavy atom. The summed E-state index contributed by atoms with van der Waals surface area (Å²) in [5.41, 5.74) is 3.37. The third-order valence-corrected chi connectivity index (χ3v) is 4.31. The smallest absolute Gasteiger partial charge is 0.160 e. The Morgan fingerprint density at radius 3 is 2.76 bits per heavy atom. The van der Waals surface area contributed by atoms with Crippen LogP contribution in [0.5, 0.6) is 5.75 Å². The Balaban J connectivity index is 2.49. The highest BCUT2D eigenvalue weighted by Gasteiger charge is 2.11. The lowest BCUT2D eigenvalue weighted by molar-refractivity contribution is 0.412. The van der Waals surface area contributed by atoms with Crippen LogP contribution in [-0.4, -0.2) is 12.1 Å². The zero-order valence-corrected chi connectivity index (χ0v) is 12.5. The van der Waals surface area contributed by atoms with Crippen LogP contribution in [0.4, 0.5) is 0 Å². The van der Waals surface area contributed by atoms with Gasteiger partial charge in [0.1, 0.15) is 5.75 Å². The monoisotopic (exact) mass is 311 g/mol. The lowest BCUT2D eigenvalue weighted by atomic mass is 10.1. The molecule has 0 aliphatic heterocycles. The molecule has 0 saturated heterocycles. The summed E-state index contributed by atoms with van der Waals surface area (Å²) in [6, 6.07) is 6.18. The largest absolute Gasteiger partial charge is 0.496 e. The number of hydrogen-bond donors (Lipinski definition) is 0. The van der Waals surface area contributed by atoms with E-state index >= 15 is 0 Å². The standard InChI is InChI=1S/C13H14BrNOS/c1-4-11-12(15-13(14)17-11)9-5-6-10(16-3)8(2)7-9/h5-7H,4H2,1-3H3. The summed E-state index contributed by atoms with van der Waals surface area (Å²) in [5, 5.41) is 0. The summed E-state index contributed by atoms with van der Waals surface area (Å²) in [6.07, 6.45) is 1.00. The van der Waals surface area contributed by atoms with Gasteiger partial charge in [-0.2, -0.15) is 0 Å². The van der Waals surface area contributed by atoms with Crippen molar-refractivity contribution in [1.29, 1.82) is 0 Å². The number of nitrogens with zero attached hydrogens (tertiary/aromatic N) is 1. The number of halogens is 1. The summed E-state index contributed by atoms with van der Waals surface area (Å²) in [7, 11) is 1.69. The van der Waals surface area contributed by atoms with Gasteiger partial charge < -0.3 is 4.74 Å². The topological polar surface area (TPSA) is 22.1 Å². The van der Waals surface area contributed by atoms with Crippen LogP contribution in [0.1, 0.15) is 17.4 Å². The molecule has 2 nitrogen and oxygen atoms in total. The molecule has 1 aromatic carbocycles. The number of aryl methyl sites for hydroxylation is 2. The molecule has 0 N–H and O–H groups in total. The Hall–Kier alpha value is -0.870. The van der Waals surface area contributed by atoms with E-state index < -0.39 is 0 Å². The quantitative estimate of drug-likeness (QED) is 0.835. The second kappa shape index (κ2) is 5.19. The fraction of sp³-hybridized carbons (Fsp3) is 0.308. The van der Waals surface area contributed by atoms with E-state index in [1.165, 1.54) is 4.88 Å². The summed E-state index contributed by atoms with van der Waals surface area (Å²) in [4.78, 5) is 5.85. The molecular formula is C13H14BrNOS. The van der Waals surface area contributed by atoms with E-state index in [0.717, 1.165) is 32.9 Å². The van der Waals surface area contributed by atoms with Crippen molar-refractivity contribution < 1.29 is 4.74 Å². The molecule has 2 aromatic rings. The Kier molecular flexibility index (Phi) is 3.84. The zero-order chi connectivity index (χ0) is 12.4. The molecule has 0 aliphatic rings. The normalized spacial score (nSPS) is 10.6. The molecule has 0 spiro atoms. The number of benzene rings is 1. The number of rotatable bonds is 3. The molecule has 17 heavy (non-hydrogen) atoms. The first-order valence-electron chi connectivity index (χ1n) is 5.46. The Labute approximate surface area is 114 Å². The minimum Gasteiger partial charge on any atom is -0.496 e. The van der Waals surface area contributed by atoms with Gasteiger partial charge in [-0.15, -0.1) is 11.3 Å². The third kappa shape index (κ3) is 2.53. The van der Waals surface area contributed by atoms with Crippen LogP contribution >= 0.6 is 27.3 Å².